The molecule has 2 aromatic rings. The summed E-state index contributed by atoms with van der Waals surface area (Å²) in [6.45, 7) is 5.59. The maximum atomic E-state index is 12.4. The van der Waals surface area contributed by atoms with E-state index in [9.17, 15) is 13.2 Å². The molecule has 1 N–H and O–H groups in total. The van der Waals surface area contributed by atoms with Gasteiger partial charge in [-0.25, -0.2) is 8.42 Å². The van der Waals surface area contributed by atoms with Crippen LogP contribution >= 0.6 is 0 Å². The number of hydrogen-bond donors (Lipinski definition) is 1. The van der Waals surface area contributed by atoms with E-state index >= 15 is 0 Å². The molecule has 2 rings (SSSR count). The van der Waals surface area contributed by atoms with Gasteiger partial charge in [-0.05, 0) is 75.8 Å². The minimum absolute atomic E-state index is 0.121. The van der Waals surface area contributed by atoms with Crippen LogP contribution in [0.25, 0.3) is 0 Å². The van der Waals surface area contributed by atoms with Crippen LogP contribution in [0.5, 0.6) is 0 Å². The molecule has 0 aliphatic rings. The van der Waals surface area contributed by atoms with Crippen molar-refractivity contribution in [3.63, 3.8) is 0 Å². The van der Waals surface area contributed by atoms with Crippen molar-refractivity contribution in [2.24, 2.45) is 0 Å². The highest BCUT2D eigenvalue weighted by Crippen LogP contribution is 2.26. The summed E-state index contributed by atoms with van der Waals surface area (Å²) in [5.74, 6) is -0.121. The third kappa shape index (κ3) is 6.87. The Morgan fingerprint density at radius 3 is 2.28 bits per heavy atom. The van der Waals surface area contributed by atoms with Crippen molar-refractivity contribution in [3.05, 3.63) is 64.7 Å². The van der Waals surface area contributed by atoms with E-state index in [4.69, 9.17) is 0 Å². The lowest BCUT2D eigenvalue weighted by atomic mass is 10.1. The van der Waals surface area contributed by atoms with Crippen LogP contribution in [-0.2, 0) is 16.6 Å². The highest BCUT2D eigenvalue weighted by molar-refractivity contribution is 7.92. The second-order valence-corrected chi connectivity index (χ2v) is 9.58. The molecule has 0 spiro atoms. The van der Waals surface area contributed by atoms with Gasteiger partial charge in [-0.1, -0.05) is 24.3 Å². The summed E-state index contributed by atoms with van der Waals surface area (Å²) in [7, 11) is 0.543. The number of carbonyl (C=O) groups excluding carboxylic acids is 1. The van der Waals surface area contributed by atoms with E-state index in [-0.39, 0.29) is 12.5 Å². The van der Waals surface area contributed by atoms with Gasteiger partial charge in [0.25, 0.3) is 5.91 Å². The molecule has 0 saturated heterocycles. The molecule has 2 aromatic carbocycles. The number of carbonyl (C=O) groups is 1. The standard InChI is InChI=1S/C22H31N3O3S/c1-17-7-8-18(2)21(15-17)25(29(5,27)28)16-19-9-11-20(12-10-19)22(26)23-13-6-14-24(3)4/h7-12,15H,6,13-14,16H2,1-5H3,(H,23,26). The lowest BCUT2D eigenvalue weighted by Gasteiger charge is -2.25. The molecule has 0 aliphatic carbocycles. The van der Waals surface area contributed by atoms with Crippen molar-refractivity contribution in [2.75, 3.05) is 37.7 Å². The van der Waals surface area contributed by atoms with Crippen LogP contribution in [0, 0.1) is 13.8 Å². The fraction of sp³-hybridized carbons (Fsp3) is 0.409. The van der Waals surface area contributed by atoms with Gasteiger partial charge in [0.05, 0.1) is 18.5 Å². The monoisotopic (exact) mass is 417 g/mol. The maximum absolute atomic E-state index is 12.4. The van der Waals surface area contributed by atoms with Gasteiger partial charge in [-0.2, -0.15) is 0 Å². The fourth-order valence-electron chi connectivity index (χ4n) is 3.00. The Balaban J connectivity index is 2.11. The number of rotatable bonds is 9. The summed E-state index contributed by atoms with van der Waals surface area (Å²) in [5, 5.41) is 2.91. The first-order chi connectivity index (χ1) is 13.6. The molecule has 0 unspecified atom stereocenters. The number of nitrogens with zero attached hydrogens (tertiary/aromatic N) is 2. The van der Waals surface area contributed by atoms with E-state index in [2.05, 4.69) is 10.2 Å². The second kappa shape index (κ2) is 9.89. The van der Waals surface area contributed by atoms with Crippen molar-refractivity contribution in [3.8, 4) is 0 Å². The minimum Gasteiger partial charge on any atom is -0.352 e. The van der Waals surface area contributed by atoms with Crippen molar-refractivity contribution in [1.29, 1.82) is 0 Å². The van der Waals surface area contributed by atoms with Gasteiger partial charge in [0.1, 0.15) is 0 Å². The van der Waals surface area contributed by atoms with Crippen LogP contribution in [0.1, 0.15) is 33.5 Å². The molecular weight excluding hydrogens is 386 g/mol. The lowest BCUT2D eigenvalue weighted by Crippen LogP contribution is -2.30. The number of hydrogen-bond acceptors (Lipinski definition) is 4. The maximum Gasteiger partial charge on any atom is 0.251 e. The molecule has 0 heterocycles. The molecule has 0 saturated carbocycles. The first-order valence-electron chi connectivity index (χ1n) is 9.65. The summed E-state index contributed by atoms with van der Waals surface area (Å²) < 4.78 is 26.3. The first kappa shape index (κ1) is 22.9. The zero-order chi connectivity index (χ0) is 21.6. The van der Waals surface area contributed by atoms with E-state index in [1.807, 2.05) is 46.1 Å². The van der Waals surface area contributed by atoms with Gasteiger partial charge in [-0.15, -0.1) is 0 Å². The molecule has 0 atom stereocenters. The number of nitrogens with one attached hydrogen (secondary N) is 1. The normalized spacial score (nSPS) is 11.5. The molecule has 29 heavy (non-hydrogen) atoms. The summed E-state index contributed by atoms with van der Waals surface area (Å²) in [6, 6.07) is 12.8. The number of anilines is 1. The molecule has 0 radical (unpaired) electrons. The molecule has 6 nitrogen and oxygen atoms in total. The zero-order valence-corrected chi connectivity index (χ0v) is 18.7. The van der Waals surface area contributed by atoms with E-state index in [0.29, 0.717) is 17.8 Å². The Morgan fingerprint density at radius 2 is 1.69 bits per heavy atom. The molecular formula is C22H31N3O3S. The van der Waals surface area contributed by atoms with Gasteiger partial charge in [0, 0.05) is 12.1 Å². The van der Waals surface area contributed by atoms with Crippen LogP contribution < -0.4 is 9.62 Å². The van der Waals surface area contributed by atoms with Gasteiger partial charge < -0.3 is 10.2 Å². The molecule has 158 valence electrons. The van der Waals surface area contributed by atoms with Gasteiger partial charge >= 0.3 is 0 Å². The lowest BCUT2D eigenvalue weighted by molar-refractivity contribution is 0.0952. The van der Waals surface area contributed by atoms with Crippen LogP contribution in [-0.4, -0.2) is 52.7 Å². The van der Waals surface area contributed by atoms with E-state index in [0.717, 1.165) is 29.7 Å². The first-order valence-corrected chi connectivity index (χ1v) is 11.5. The Hall–Kier alpha value is -2.38. The number of amides is 1. The van der Waals surface area contributed by atoms with Crippen LogP contribution in [0.3, 0.4) is 0 Å². The predicted octanol–water partition coefficient (Wildman–Crippen LogP) is 2.95. The summed E-state index contributed by atoms with van der Waals surface area (Å²) in [4.78, 5) is 14.3. The summed E-state index contributed by atoms with van der Waals surface area (Å²) in [6.07, 6.45) is 2.10. The molecule has 0 fully saturated rings. The average Bonchev–Trinajstić information content (AvgIpc) is 2.64. The van der Waals surface area contributed by atoms with E-state index < -0.39 is 10.0 Å². The van der Waals surface area contributed by atoms with Crippen molar-refractivity contribution < 1.29 is 13.2 Å². The topological polar surface area (TPSA) is 69.7 Å². The molecule has 7 heteroatoms. The largest absolute Gasteiger partial charge is 0.352 e. The zero-order valence-electron chi connectivity index (χ0n) is 17.9. The van der Waals surface area contributed by atoms with Gasteiger partial charge in [-0.3, -0.25) is 9.10 Å². The minimum atomic E-state index is -3.45. The Kier molecular flexibility index (Phi) is 7.81. The van der Waals surface area contributed by atoms with Crippen molar-refractivity contribution >= 4 is 21.6 Å². The Morgan fingerprint density at radius 1 is 1.03 bits per heavy atom. The van der Waals surface area contributed by atoms with E-state index in [1.165, 1.54) is 10.6 Å². The molecule has 0 bridgehead atoms. The van der Waals surface area contributed by atoms with Crippen molar-refractivity contribution in [1.82, 2.24) is 10.2 Å². The summed E-state index contributed by atoms with van der Waals surface area (Å²) >= 11 is 0. The van der Waals surface area contributed by atoms with Crippen LogP contribution in [0.4, 0.5) is 5.69 Å². The molecule has 1 amide bonds. The average molecular weight is 418 g/mol. The quantitative estimate of drug-likeness (QED) is 0.637. The Bertz CT molecular complexity index is 938. The Labute approximate surface area is 174 Å². The second-order valence-electron chi connectivity index (χ2n) is 7.67. The molecule has 0 aromatic heterocycles. The highest BCUT2D eigenvalue weighted by Gasteiger charge is 2.20. The fourth-order valence-corrected chi connectivity index (χ4v) is 3.93. The third-order valence-corrected chi connectivity index (χ3v) is 5.77. The number of benzene rings is 2. The summed E-state index contributed by atoms with van der Waals surface area (Å²) in [5.41, 5.74) is 3.96. The van der Waals surface area contributed by atoms with Gasteiger partial charge in [0.2, 0.25) is 10.0 Å². The van der Waals surface area contributed by atoms with Crippen LogP contribution in [0.2, 0.25) is 0 Å². The molecule has 0 aliphatic heterocycles. The SMILES string of the molecule is Cc1ccc(C)c(N(Cc2ccc(C(=O)NCCCN(C)C)cc2)S(C)(=O)=O)c1. The third-order valence-electron chi connectivity index (χ3n) is 4.64. The van der Waals surface area contributed by atoms with E-state index in [1.54, 1.807) is 24.3 Å². The van der Waals surface area contributed by atoms with Crippen LogP contribution in [0.15, 0.2) is 42.5 Å². The van der Waals surface area contributed by atoms with Crippen molar-refractivity contribution in [2.45, 2.75) is 26.8 Å². The number of sulfonamides is 1. The number of aryl methyl sites for hydroxylation is 2. The highest BCUT2D eigenvalue weighted by atomic mass is 32.2. The smallest absolute Gasteiger partial charge is 0.251 e. The van der Waals surface area contributed by atoms with Gasteiger partial charge in [0.15, 0.2) is 0 Å². The predicted molar refractivity (Wildman–Crippen MR) is 119 cm³/mol.